The van der Waals surface area contributed by atoms with Crippen molar-refractivity contribution in [2.24, 2.45) is 0 Å². The molecule has 1 fully saturated rings. The summed E-state index contributed by atoms with van der Waals surface area (Å²) < 4.78 is 0. The molecular formula is C22H30N2. The Labute approximate surface area is 146 Å². The van der Waals surface area contributed by atoms with Crippen molar-refractivity contribution in [3.05, 3.63) is 71.8 Å². The van der Waals surface area contributed by atoms with Gasteiger partial charge in [0.2, 0.25) is 0 Å². The fourth-order valence-corrected chi connectivity index (χ4v) is 3.58. The maximum Gasteiger partial charge on any atom is 0.00915 e. The molecule has 2 aromatic rings. The zero-order valence-corrected chi connectivity index (χ0v) is 14.7. The number of hydrogen-bond acceptors (Lipinski definition) is 2. The molecule has 0 unspecified atom stereocenters. The Kier molecular flexibility index (Phi) is 6.88. The average Bonchev–Trinajstić information content (AvgIpc) is 2.65. The zero-order valence-electron chi connectivity index (χ0n) is 14.7. The topological polar surface area (TPSA) is 15.3 Å². The van der Waals surface area contributed by atoms with Crippen LogP contribution in [0.3, 0.4) is 0 Å². The molecule has 2 heteroatoms. The molecule has 1 N–H and O–H groups in total. The van der Waals surface area contributed by atoms with Crippen LogP contribution in [0.2, 0.25) is 0 Å². The minimum atomic E-state index is 0.707. The van der Waals surface area contributed by atoms with Gasteiger partial charge in [0, 0.05) is 6.04 Å². The molecule has 0 spiro atoms. The van der Waals surface area contributed by atoms with Gasteiger partial charge in [-0.05, 0) is 69.4 Å². The number of piperidine rings is 1. The van der Waals surface area contributed by atoms with E-state index in [1.807, 2.05) is 0 Å². The molecule has 0 saturated carbocycles. The molecule has 0 radical (unpaired) electrons. The van der Waals surface area contributed by atoms with E-state index < -0.39 is 0 Å². The predicted molar refractivity (Wildman–Crippen MR) is 102 cm³/mol. The van der Waals surface area contributed by atoms with E-state index in [2.05, 4.69) is 70.9 Å². The molecule has 24 heavy (non-hydrogen) atoms. The van der Waals surface area contributed by atoms with Crippen molar-refractivity contribution in [1.82, 2.24) is 10.2 Å². The van der Waals surface area contributed by atoms with Crippen LogP contribution in [0.5, 0.6) is 0 Å². The van der Waals surface area contributed by atoms with Crippen LogP contribution in [0.4, 0.5) is 0 Å². The fraction of sp³-hybridized carbons (Fsp3) is 0.455. The standard InChI is InChI=1S/C22H30N2/c1-3-8-20(9-4-1)12-7-17-24-18-14-22(15-19-24)23-16-13-21-10-5-2-6-11-21/h1-6,8-11,22-23H,7,12-19H2. The molecule has 0 atom stereocenters. The van der Waals surface area contributed by atoms with E-state index in [4.69, 9.17) is 0 Å². The first-order valence-electron chi connectivity index (χ1n) is 9.44. The van der Waals surface area contributed by atoms with E-state index >= 15 is 0 Å². The van der Waals surface area contributed by atoms with Gasteiger partial charge in [-0.25, -0.2) is 0 Å². The van der Waals surface area contributed by atoms with Crippen LogP contribution in [0.15, 0.2) is 60.7 Å². The molecule has 2 aromatic carbocycles. The maximum atomic E-state index is 3.75. The quantitative estimate of drug-likeness (QED) is 0.792. The normalized spacial score (nSPS) is 16.3. The average molecular weight is 322 g/mol. The Balaban J connectivity index is 1.27. The van der Waals surface area contributed by atoms with E-state index in [0.717, 1.165) is 13.0 Å². The van der Waals surface area contributed by atoms with Crippen LogP contribution < -0.4 is 5.32 Å². The third-order valence-corrected chi connectivity index (χ3v) is 5.06. The van der Waals surface area contributed by atoms with Crippen molar-refractivity contribution in [2.75, 3.05) is 26.2 Å². The Hall–Kier alpha value is -1.64. The van der Waals surface area contributed by atoms with E-state index in [9.17, 15) is 0 Å². The minimum absolute atomic E-state index is 0.707. The summed E-state index contributed by atoms with van der Waals surface area (Å²) in [4.78, 5) is 2.64. The Morgan fingerprint density at radius 1 is 0.792 bits per heavy atom. The number of aryl methyl sites for hydroxylation is 1. The second kappa shape index (κ2) is 9.61. The molecule has 1 saturated heterocycles. The Bertz CT molecular complexity index is 506. The second-order valence-corrected chi connectivity index (χ2v) is 6.89. The molecule has 3 rings (SSSR count). The minimum Gasteiger partial charge on any atom is -0.314 e. The van der Waals surface area contributed by atoms with Crippen LogP contribution in [-0.4, -0.2) is 37.1 Å². The number of rotatable bonds is 8. The smallest absolute Gasteiger partial charge is 0.00915 e. The molecule has 2 nitrogen and oxygen atoms in total. The summed E-state index contributed by atoms with van der Waals surface area (Å²) in [6, 6.07) is 22.3. The van der Waals surface area contributed by atoms with Crippen molar-refractivity contribution in [1.29, 1.82) is 0 Å². The van der Waals surface area contributed by atoms with Crippen LogP contribution in [0, 0.1) is 0 Å². The molecule has 0 aliphatic carbocycles. The molecule has 0 amide bonds. The maximum absolute atomic E-state index is 3.75. The molecule has 0 bridgehead atoms. The van der Waals surface area contributed by atoms with Crippen LogP contribution >= 0.6 is 0 Å². The lowest BCUT2D eigenvalue weighted by Gasteiger charge is -2.32. The van der Waals surface area contributed by atoms with Crippen molar-refractivity contribution >= 4 is 0 Å². The van der Waals surface area contributed by atoms with Crippen molar-refractivity contribution in [3.8, 4) is 0 Å². The molecule has 1 aliphatic heterocycles. The highest BCUT2D eigenvalue weighted by Gasteiger charge is 2.17. The van der Waals surface area contributed by atoms with E-state index in [1.165, 1.54) is 56.4 Å². The van der Waals surface area contributed by atoms with Gasteiger partial charge in [-0.1, -0.05) is 60.7 Å². The van der Waals surface area contributed by atoms with Crippen molar-refractivity contribution in [2.45, 2.75) is 38.1 Å². The van der Waals surface area contributed by atoms with E-state index in [-0.39, 0.29) is 0 Å². The number of hydrogen-bond donors (Lipinski definition) is 1. The first kappa shape index (κ1) is 17.2. The molecule has 128 valence electrons. The van der Waals surface area contributed by atoms with E-state index in [1.54, 1.807) is 0 Å². The summed E-state index contributed by atoms with van der Waals surface area (Å²) in [6.45, 7) is 4.84. The summed E-state index contributed by atoms with van der Waals surface area (Å²) in [6.07, 6.45) is 6.20. The third kappa shape index (κ3) is 5.77. The third-order valence-electron chi connectivity index (χ3n) is 5.06. The highest BCUT2D eigenvalue weighted by Crippen LogP contribution is 2.12. The number of nitrogens with zero attached hydrogens (tertiary/aromatic N) is 1. The van der Waals surface area contributed by atoms with Crippen molar-refractivity contribution < 1.29 is 0 Å². The van der Waals surface area contributed by atoms with Crippen LogP contribution in [-0.2, 0) is 12.8 Å². The number of nitrogens with one attached hydrogen (secondary N) is 1. The Morgan fingerprint density at radius 2 is 1.38 bits per heavy atom. The van der Waals surface area contributed by atoms with Gasteiger partial charge in [0.1, 0.15) is 0 Å². The summed E-state index contributed by atoms with van der Waals surface area (Å²) in [5, 5.41) is 3.75. The van der Waals surface area contributed by atoms with Crippen molar-refractivity contribution in [3.63, 3.8) is 0 Å². The van der Waals surface area contributed by atoms with Gasteiger partial charge in [-0.2, -0.15) is 0 Å². The number of likely N-dealkylation sites (tertiary alicyclic amines) is 1. The molecule has 1 heterocycles. The molecular weight excluding hydrogens is 292 g/mol. The summed E-state index contributed by atoms with van der Waals surface area (Å²) >= 11 is 0. The van der Waals surface area contributed by atoms with Crippen LogP contribution in [0.25, 0.3) is 0 Å². The van der Waals surface area contributed by atoms with Gasteiger partial charge in [0.05, 0.1) is 0 Å². The van der Waals surface area contributed by atoms with Gasteiger partial charge in [-0.3, -0.25) is 0 Å². The zero-order chi connectivity index (χ0) is 16.5. The lowest BCUT2D eigenvalue weighted by molar-refractivity contribution is 0.196. The first-order valence-corrected chi connectivity index (χ1v) is 9.44. The highest BCUT2D eigenvalue weighted by molar-refractivity contribution is 5.15. The summed E-state index contributed by atoms with van der Waals surface area (Å²) in [5.74, 6) is 0. The lowest BCUT2D eigenvalue weighted by atomic mass is 10.0. The first-order chi connectivity index (χ1) is 11.9. The van der Waals surface area contributed by atoms with E-state index in [0.29, 0.717) is 6.04 Å². The monoisotopic (exact) mass is 322 g/mol. The largest absolute Gasteiger partial charge is 0.314 e. The lowest BCUT2D eigenvalue weighted by Crippen LogP contribution is -2.43. The number of benzene rings is 2. The molecule has 0 aromatic heterocycles. The molecule has 1 aliphatic rings. The van der Waals surface area contributed by atoms with Gasteiger partial charge < -0.3 is 10.2 Å². The Morgan fingerprint density at radius 3 is 2.00 bits per heavy atom. The van der Waals surface area contributed by atoms with Gasteiger partial charge in [-0.15, -0.1) is 0 Å². The van der Waals surface area contributed by atoms with Gasteiger partial charge in [0.25, 0.3) is 0 Å². The SMILES string of the molecule is c1ccc(CCCN2CCC(NCCc3ccccc3)CC2)cc1. The predicted octanol–water partition coefficient (Wildman–Crippen LogP) is 3.92. The van der Waals surface area contributed by atoms with Crippen LogP contribution in [0.1, 0.15) is 30.4 Å². The van der Waals surface area contributed by atoms with Gasteiger partial charge >= 0.3 is 0 Å². The fourth-order valence-electron chi connectivity index (χ4n) is 3.58. The summed E-state index contributed by atoms with van der Waals surface area (Å²) in [7, 11) is 0. The summed E-state index contributed by atoms with van der Waals surface area (Å²) in [5.41, 5.74) is 2.90. The van der Waals surface area contributed by atoms with Gasteiger partial charge in [0.15, 0.2) is 0 Å². The highest BCUT2D eigenvalue weighted by atomic mass is 15.1. The second-order valence-electron chi connectivity index (χ2n) is 6.89.